The van der Waals surface area contributed by atoms with Crippen LogP contribution in [0, 0.1) is 0 Å². The summed E-state index contributed by atoms with van der Waals surface area (Å²) in [6.45, 7) is 5.79. The van der Waals surface area contributed by atoms with Crippen molar-refractivity contribution in [3.63, 3.8) is 0 Å². The summed E-state index contributed by atoms with van der Waals surface area (Å²) >= 11 is 3.37. The van der Waals surface area contributed by atoms with Crippen LogP contribution in [0.3, 0.4) is 0 Å². The summed E-state index contributed by atoms with van der Waals surface area (Å²) in [5.41, 5.74) is 0.181. The monoisotopic (exact) mass is 179 g/mol. The second-order valence-corrected chi connectivity index (χ2v) is 3.51. The highest BCUT2D eigenvalue weighted by Crippen LogP contribution is 2.24. The highest BCUT2D eigenvalue weighted by Gasteiger charge is 2.30. The van der Waals surface area contributed by atoms with Crippen LogP contribution < -0.4 is 0 Å². The van der Waals surface area contributed by atoms with Gasteiger partial charge in [-0.2, -0.15) is 0 Å². The summed E-state index contributed by atoms with van der Waals surface area (Å²) in [6, 6.07) is 0. The molecule has 0 amide bonds. The van der Waals surface area contributed by atoms with Crippen molar-refractivity contribution in [3.05, 3.63) is 0 Å². The van der Waals surface area contributed by atoms with E-state index in [1.165, 1.54) is 0 Å². The standard InChI is InChI=1S/C5H10BrNO/c1-5(2)3-8-4-7(5)6/h3-4H2,1-2H3. The van der Waals surface area contributed by atoms with Gasteiger partial charge in [0, 0.05) is 16.1 Å². The molecule has 1 saturated heterocycles. The van der Waals surface area contributed by atoms with Gasteiger partial charge in [0.1, 0.15) is 6.73 Å². The molecule has 3 heteroatoms. The van der Waals surface area contributed by atoms with Crippen LogP contribution in [-0.2, 0) is 4.74 Å². The molecule has 2 nitrogen and oxygen atoms in total. The Hall–Kier alpha value is 0.400. The van der Waals surface area contributed by atoms with E-state index in [1.54, 1.807) is 0 Å². The SMILES string of the molecule is CC1(C)COCN1Br. The molecule has 0 aromatic rings. The molecule has 0 unspecified atom stereocenters. The molecule has 0 N–H and O–H groups in total. The molecule has 0 bridgehead atoms. The van der Waals surface area contributed by atoms with Gasteiger partial charge >= 0.3 is 0 Å². The third kappa shape index (κ3) is 1.04. The number of ether oxygens (including phenoxy) is 1. The van der Waals surface area contributed by atoms with Gasteiger partial charge in [0.25, 0.3) is 0 Å². The topological polar surface area (TPSA) is 12.5 Å². The summed E-state index contributed by atoms with van der Waals surface area (Å²) in [6.07, 6.45) is 0. The van der Waals surface area contributed by atoms with Crippen LogP contribution in [0.1, 0.15) is 13.8 Å². The quantitative estimate of drug-likeness (QED) is 0.522. The van der Waals surface area contributed by atoms with Crippen LogP contribution >= 0.6 is 16.1 Å². The Morgan fingerprint density at radius 3 is 2.38 bits per heavy atom. The zero-order chi connectivity index (χ0) is 6.20. The predicted octanol–water partition coefficient (Wildman–Crippen LogP) is 1.36. The molecule has 8 heavy (non-hydrogen) atoms. The molecule has 0 saturated carbocycles. The van der Waals surface area contributed by atoms with Crippen LogP contribution in [0.25, 0.3) is 0 Å². The van der Waals surface area contributed by atoms with E-state index < -0.39 is 0 Å². The predicted molar refractivity (Wildman–Crippen MR) is 35.7 cm³/mol. The first-order valence-corrected chi connectivity index (χ1v) is 3.35. The van der Waals surface area contributed by atoms with Crippen molar-refractivity contribution < 1.29 is 4.74 Å². The van der Waals surface area contributed by atoms with Crippen molar-refractivity contribution in [3.8, 4) is 0 Å². The fourth-order valence-electron chi connectivity index (χ4n) is 0.620. The minimum absolute atomic E-state index is 0.181. The summed E-state index contributed by atoms with van der Waals surface area (Å²) in [5, 5.41) is 0. The highest BCUT2D eigenvalue weighted by atomic mass is 79.9. The Balaban J connectivity index is 2.54. The van der Waals surface area contributed by atoms with Gasteiger partial charge in [-0.05, 0) is 13.8 Å². The maximum Gasteiger partial charge on any atom is 0.109 e. The minimum atomic E-state index is 0.181. The first-order chi connectivity index (χ1) is 3.63. The second-order valence-electron chi connectivity index (χ2n) is 2.65. The van der Waals surface area contributed by atoms with Crippen LogP contribution in [0.15, 0.2) is 0 Å². The van der Waals surface area contributed by atoms with Crippen molar-refractivity contribution in [2.24, 2.45) is 0 Å². The largest absolute Gasteiger partial charge is 0.363 e. The first-order valence-electron chi connectivity index (χ1n) is 2.64. The Morgan fingerprint density at radius 2 is 2.25 bits per heavy atom. The Morgan fingerprint density at radius 1 is 1.62 bits per heavy atom. The third-order valence-electron chi connectivity index (χ3n) is 1.32. The highest BCUT2D eigenvalue weighted by molar-refractivity contribution is 9.07. The van der Waals surface area contributed by atoms with Gasteiger partial charge in [-0.1, -0.05) is 0 Å². The normalized spacial score (nSPS) is 28.9. The molecule has 0 spiro atoms. The molecular formula is C5H10BrNO. The fraction of sp³-hybridized carbons (Fsp3) is 1.00. The second kappa shape index (κ2) is 1.97. The molecular weight excluding hydrogens is 170 g/mol. The number of halogens is 1. The average Bonchev–Trinajstić information content (AvgIpc) is 1.86. The summed E-state index contributed by atoms with van der Waals surface area (Å²) < 4.78 is 7.16. The molecule has 1 fully saturated rings. The first kappa shape index (κ1) is 6.52. The minimum Gasteiger partial charge on any atom is -0.363 e. The van der Waals surface area contributed by atoms with Crippen LogP contribution in [-0.4, -0.2) is 22.8 Å². The lowest BCUT2D eigenvalue weighted by molar-refractivity contribution is 0.174. The van der Waals surface area contributed by atoms with Crippen molar-refractivity contribution in [2.45, 2.75) is 19.4 Å². The number of rotatable bonds is 0. The van der Waals surface area contributed by atoms with Gasteiger partial charge in [0.05, 0.1) is 12.1 Å². The molecule has 48 valence electrons. The van der Waals surface area contributed by atoms with Gasteiger partial charge in [-0.25, -0.2) is 3.93 Å². The smallest absolute Gasteiger partial charge is 0.109 e. The summed E-state index contributed by atoms with van der Waals surface area (Å²) in [7, 11) is 0. The van der Waals surface area contributed by atoms with E-state index >= 15 is 0 Å². The molecule has 1 rings (SSSR count). The zero-order valence-electron chi connectivity index (χ0n) is 5.15. The van der Waals surface area contributed by atoms with E-state index in [1.807, 2.05) is 3.93 Å². The maximum absolute atomic E-state index is 5.15. The van der Waals surface area contributed by atoms with E-state index in [0.717, 1.165) is 6.61 Å². The third-order valence-corrected chi connectivity index (χ3v) is 2.48. The van der Waals surface area contributed by atoms with Gasteiger partial charge in [-0.3, -0.25) is 0 Å². The van der Waals surface area contributed by atoms with Crippen molar-refractivity contribution in [1.29, 1.82) is 0 Å². The van der Waals surface area contributed by atoms with Gasteiger partial charge in [-0.15, -0.1) is 0 Å². The van der Waals surface area contributed by atoms with E-state index in [9.17, 15) is 0 Å². The van der Waals surface area contributed by atoms with Gasteiger partial charge in [0.2, 0.25) is 0 Å². The van der Waals surface area contributed by atoms with Crippen LogP contribution in [0.4, 0.5) is 0 Å². The maximum atomic E-state index is 5.15. The number of hydrogen-bond acceptors (Lipinski definition) is 2. The molecule has 0 aliphatic carbocycles. The van der Waals surface area contributed by atoms with Crippen molar-refractivity contribution >= 4 is 16.1 Å². The van der Waals surface area contributed by atoms with E-state index in [-0.39, 0.29) is 5.54 Å². The lowest BCUT2D eigenvalue weighted by Gasteiger charge is -2.21. The van der Waals surface area contributed by atoms with E-state index in [4.69, 9.17) is 4.74 Å². The lowest BCUT2D eigenvalue weighted by atomic mass is 10.1. The molecule has 0 aromatic heterocycles. The molecule has 0 radical (unpaired) electrons. The fourth-order valence-corrected chi connectivity index (χ4v) is 0.867. The Kier molecular flexibility index (Phi) is 1.61. The summed E-state index contributed by atoms with van der Waals surface area (Å²) in [5.74, 6) is 0. The molecule has 0 aromatic carbocycles. The van der Waals surface area contributed by atoms with Gasteiger partial charge < -0.3 is 4.74 Å². The van der Waals surface area contributed by atoms with E-state index in [2.05, 4.69) is 30.0 Å². The van der Waals surface area contributed by atoms with E-state index in [0.29, 0.717) is 6.73 Å². The number of nitrogens with zero attached hydrogens (tertiary/aromatic N) is 1. The Labute approximate surface area is 58.1 Å². The Bertz CT molecular complexity index is 94.4. The molecule has 0 atom stereocenters. The van der Waals surface area contributed by atoms with Crippen LogP contribution in [0.2, 0.25) is 0 Å². The van der Waals surface area contributed by atoms with Crippen molar-refractivity contribution in [1.82, 2.24) is 3.93 Å². The van der Waals surface area contributed by atoms with Gasteiger partial charge in [0.15, 0.2) is 0 Å². The molecule has 1 aliphatic heterocycles. The lowest BCUT2D eigenvalue weighted by Crippen LogP contribution is -2.32. The molecule has 1 heterocycles. The summed E-state index contributed by atoms with van der Waals surface area (Å²) in [4.78, 5) is 0. The molecule has 1 aliphatic rings. The number of hydrogen-bond donors (Lipinski definition) is 0. The average molecular weight is 180 g/mol. The zero-order valence-corrected chi connectivity index (χ0v) is 6.73. The van der Waals surface area contributed by atoms with Crippen LogP contribution in [0.5, 0.6) is 0 Å². The van der Waals surface area contributed by atoms with Crippen molar-refractivity contribution in [2.75, 3.05) is 13.3 Å².